The maximum atomic E-state index is 13.5. The SMILES string of the molecule is CC(C)n1ccc2c(Cl)ncc(F)c21. The lowest BCUT2D eigenvalue weighted by Crippen LogP contribution is -2.00. The molecule has 14 heavy (non-hydrogen) atoms. The fourth-order valence-corrected chi connectivity index (χ4v) is 1.74. The minimum Gasteiger partial charge on any atom is -0.342 e. The van der Waals surface area contributed by atoms with Crippen LogP contribution in [0.1, 0.15) is 19.9 Å². The molecule has 0 amide bonds. The first-order chi connectivity index (χ1) is 6.61. The zero-order valence-corrected chi connectivity index (χ0v) is 8.72. The van der Waals surface area contributed by atoms with E-state index in [4.69, 9.17) is 11.6 Å². The molecule has 0 saturated heterocycles. The Labute approximate surface area is 86.3 Å². The van der Waals surface area contributed by atoms with Gasteiger partial charge in [-0.05, 0) is 19.9 Å². The molecule has 0 radical (unpaired) electrons. The van der Waals surface area contributed by atoms with Crippen LogP contribution in [-0.2, 0) is 0 Å². The van der Waals surface area contributed by atoms with Crippen LogP contribution in [0, 0.1) is 5.82 Å². The molecule has 0 fully saturated rings. The Bertz CT molecular complexity index is 476. The van der Waals surface area contributed by atoms with Crippen molar-refractivity contribution in [2.75, 3.05) is 0 Å². The summed E-state index contributed by atoms with van der Waals surface area (Å²) in [4.78, 5) is 3.76. The van der Waals surface area contributed by atoms with Crippen LogP contribution in [0.5, 0.6) is 0 Å². The summed E-state index contributed by atoms with van der Waals surface area (Å²) < 4.78 is 15.3. The normalized spacial score (nSPS) is 11.5. The Morgan fingerprint density at radius 1 is 1.50 bits per heavy atom. The minimum atomic E-state index is -0.330. The predicted octanol–water partition coefficient (Wildman–Crippen LogP) is 3.41. The lowest BCUT2D eigenvalue weighted by atomic mass is 10.3. The van der Waals surface area contributed by atoms with Crippen molar-refractivity contribution < 1.29 is 4.39 Å². The van der Waals surface area contributed by atoms with Crippen molar-refractivity contribution in [2.45, 2.75) is 19.9 Å². The van der Waals surface area contributed by atoms with Crippen molar-refractivity contribution in [3.05, 3.63) is 29.4 Å². The number of nitrogens with zero attached hydrogens (tertiary/aromatic N) is 2. The van der Waals surface area contributed by atoms with Gasteiger partial charge < -0.3 is 4.57 Å². The van der Waals surface area contributed by atoms with Gasteiger partial charge in [-0.25, -0.2) is 9.37 Å². The van der Waals surface area contributed by atoms with E-state index >= 15 is 0 Å². The standard InChI is InChI=1S/C10H10ClFN2/c1-6(2)14-4-3-7-9(14)8(12)5-13-10(7)11/h3-6H,1-2H3. The summed E-state index contributed by atoms with van der Waals surface area (Å²) in [6.07, 6.45) is 2.98. The van der Waals surface area contributed by atoms with Crippen LogP contribution in [0.3, 0.4) is 0 Å². The van der Waals surface area contributed by atoms with Crippen LogP contribution < -0.4 is 0 Å². The maximum absolute atomic E-state index is 13.5. The topological polar surface area (TPSA) is 17.8 Å². The van der Waals surface area contributed by atoms with Crippen LogP contribution in [0.2, 0.25) is 5.15 Å². The highest BCUT2D eigenvalue weighted by atomic mass is 35.5. The van der Waals surface area contributed by atoms with E-state index in [1.807, 2.05) is 24.6 Å². The van der Waals surface area contributed by atoms with Gasteiger partial charge in [0.05, 0.1) is 11.7 Å². The monoisotopic (exact) mass is 212 g/mol. The largest absolute Gasteiger partial charge is 0.342 e. The molecule has 0 N–H and O–H groups in total. The predicted molar refractivity (Wildman–Crippen MR) is 55.1 cm³/mol. The smallest absolute Gasteiger partial charge is 0.165 e. The van der Waals surface area contributed by atoms with Gasteiger partial charge in [0.1, 0.15) is 5.15 Å². The molecule has 0 unspecified atom stereocenters. The fourth-order valence-electron chi connectivity index (χ4n) is 1.54. The average Bonchev–Trinajstić information content (AvgIpc) is 2.56. The van der Waals surface area contributed by atoms with E-state index < -0.39 is 0 Å². The number of halogens is 2. The molecular formula is C10H10ClFN2. The summed E-state index contributed by atoms with van der Waals surface area (Å²) >= 11 is 5.86. The molecule has 0 aliphatic carbocycles. The summed E-state index contributed by atoms with van der Waals surface area (Å²) in [5.74, 6) is -0.330. The maximum Gasteiger partial charge on any atom is 0.165 e. The van der Waals surface area contributed by atoms with Crippen LogP contribution in [0.4, 0.5) is 4.39 Å². The highest BCUT2D eigenvalue weighted by molar-refractivity contribution is 6.34. The molecule has 2 aromatic rings. The molecule has 2 nitrogen and oxygen atoms in total. The second kappa shape index (κ2) is 3.24. The third-order valence-electron chi connectivity index (χ3n) is 2.21. The van der Waals surface area contributed by atoms with Gasteiger partial charge >= 0.3 is 0 Å². The zero-order chi connectivity index (χ0) is 10.3. The van der Waals surface area contributed by atoms with Crippen LogP contribution in [-0.4, -0.2) is 9.55 Å². The van der Waals surface area contributed by atoms with Gasteiger partial charge in [-0.15, -0.1) is 0 Å². The molecule has 2 aromatic heterocycles. The number of hydrogen-bond acceptors (Lipinski definition) is 1. The van der Waals surface area contributed by atoms with E-state index in [1.165, 1.54) is 0 Å². The van der Waals surface area contributed by atoms with E-state index in [9.17, 15) is 4.39 Å². The number of fused-ring (bicyclic) bond motifs is 1. The summed E-state index contributed by atoms with van der Waals surface area (Å²) in [6, 6.07) is 1.99. The molecule has 0 aromatic carbocycles. The number of rotatable bonds is 1. The van der Waals surface area contributed by atoms with E-state index in [2.05, 4.69) is 4.98 Å². The number of pyridine rings is 1. The first kappa shape index (κ1) is 9.46. The van der Waals surface area contributed by atoms with Gasteiger partial charge in [0.2, 0.25) is 0 Å². The average molecular weight is 213 g/mol. The molecule has 74 valence electrons. The fraction of sp³-hybridized carbons (Fsp3) is 0.300. The van der Waals surface area contributed by atoms with Crippen molar-refractivity contribution in [1.29, 1.82) is 0 Å². The third-order valence-corrected chi connectivity index (χ3v) is 2.51. The van der Waals surface area contributed by atoms with Gasteiger partial charge in [-0.3, -0.25) is 0 Å². The van der Waals surface area contributed by atoms with Crippen molar-refractivity contribution in [2.24, 2.45) is 0 Å². The second-order valence-corrected chi connectivity index (χ2v) is 3.83. The molecule has 0 aliphatic rings. The lowest BCUT2D eigenvalue weighted by Gasteiger charge is -2.09. The molecule has 2 heterocycles. The lowest BCUT2D eigenvalue weighted by molar-refractivity contribution is 0.586. The highest BCUT2D eigenvalue weighted by Crippen LogP contribution is 2.26. The summed E-state index contributed by atoms with van der Waals surface area (Å²) in [5, 5.41) is 1.01. The molecule has 0 bridgehead atoms. The molecule has 0 saturated carbocycles. The van der Waals surface area contributed by atoms with Gasteiger partial charge in [-0.2, -0.15) is 0 Å². The molecule has 0 aliphatic heterocycles. The Balaban J connectivity index is 2.84. The van der Waals surface area contributed by atoms with E-state index in [0.717, 1.165) is 6.20 Å². The Morgan fingerprint density at radius 2 is 2.21 bits per heavy atom. The van der Waals surface area contributed by atoms with Gasteiger partial charge in [0.15, 0.2) is 5.82 Å². The van der Waals surface area contributed by atoms with Crippen LogP contribution in [0.25, 0.3) is 10.9 Å². The van der Waals surface area contributed by atoms with Crippen molar-refractivity contribution in [3.63, 3.8) is 0 Å². The minimum absolute atomic E-state index is 0.209. The number of aromatic nitrogens is 2. The molecule has 0 atom stereocenters. The van der Waals surface area contributed by atoms with Crippen molar-refractivity contribution >= 4 is 22.5 Å². The van der Waals surface area contributed by atoms with E-state index in [-0.39, 0.29) is 11.9 Å². The van der Waals surface area contributed by atoms with Gasteiger partial charge in [0.25, 0.3) is 0 Å². The molecule has 0 spiro atoms. The van der Waals surface area contributed by atoms with E-state index in [0.29, 0.717) is 16.1 Å². The van der Waals surface area contributed by atoms with Crippen molar-refractivity contribution in [3.8, 4) is 0 Å². The first-order valence-electron chi connectivity index (χ1n) is 4.42. The second-order valence-electron chi connectivity index (χ2n) is 3.48. The first-order valence-corrected chi connectivity index (χ1v) is 4.79. The summed E-state index contributed by atoms with van der Waals surface area (Å²) in [5.41, 5.74) is 0.528. The number of hydrogen-bond donors (Lipinski definition) is 0. The molecule has 4 heteroatoms. The highest BCUT2D eigenvalue weighted by Gasteiger charge is 2.12. The Kier molecular flexibility index (Phi) is 2.19. The van der Waals surface area contributed by atoms with Crippen LogP contribution in [0.15, 0.2) is 18.5 Å². The van der Waals surface area contributed by atoms with E-state index in [1.54, 1.807) is 6.07 Å². The van der Waals surface area contributed by atoms with Crippen molar-refractivity contribution in [1.82, 2.24) is 9.55 Å². The zero-order valence-electron chi connectivity index (χ0n) is 7.96. The Morgan fingerprint density at radius 3 is 2.86 bits per heavy atom. The van der Waals surface area contributed by atoms with Gasteiger partial charge in [0, 0.05) is 17.6 Å². The third kappa shape index (κ3) is 1.28. The van der Waals surface area contributed by atoms with Gasteiger partial charge in [-0.1, -0.05) is 11.6 Å². The molecular weight excluding hydrogens is 203 g/mol. The summed E-state index contributed by atoms with van der Waals surface area (Å²) in [6.45, 7) is 3.99. The Hall–Kier alpha value is -1.09. The summed E-state index contributed by atoms with van der Waals surface area (Å²) in [7, 11) is 0. The van der Waals surface area contributed by atoms with Crippen LogP contribution >= 0.6 is 11.6 Å². The quantitative estimate of drug-likeness (QED) is 0.663. The molecule has 2 rings (SSSR count).